The van der Waals surface area contributed by atoms with Gasteiger partial charge in [-0.3, -0.25) is 9.59 Å². The zero-order valence-electron chi connectivity index (χ0n) is 18.4. The average Bonchev–Trinajstić information content (AvgIpc) is 2.76. The molecule has 1 saturated heterocycles. The van der Waals surface area contributed by atoms with Gasteiger partial charge in [0.2, 0.25) is 11.8 Å². The summed E-state index contributed by atoms with van der Waals surface area (Å²) in [4.78, 5) is 38.6. The first-order valence-electron chi connectivity index (χ1n) is 10.7. The molecule has 0 spiro atoms. The van der Waals surface area contributed by atoms with Crippen LogP contribution in [-0.2, 0) is 16.0 Å². The number of nitrogens with one attached hydrogen (secondary N) is 3. The van der Waals surface area contributed by atoms with Gasteiger partial charge >= 0.3 is 6.03 Å². The van der Waals surface area contributed by atoms with Crippen LogP contribution in [0.5, 0.6) is 0 Å². The molecule has 1 fully saturated rings. The third-order valence-electron chi connectivity index (χ3n) is 5.48. The highest BCUT2D eigenvalue weighted by Crippen LogP contribution is 2.15. The van der Waals surface area contributed by atoms with Crippen molar-refractivity contribution in [3.63, 3.8) is 0 Å². The third kappa shape index (κ3) is 6.80. The number of benzene rings is 2. The van der Waals surface area contributed by atoms with E-state index in [-0.39, 0.29) is 29.7 Å². The van der Waals surface area contributed by atoms with Crippen LogP contribution < -0.4 is 16.0 Å². The van der Waals surface area contributed by atoms with Crippen LogP contribution in [0, 0.1) is 12.7 Å². The van der Waals surface area contributed by atoms with Crippen molar-refractivity contribution < 1.29 is 18.8 Å². The maximum Gasteiger partial charge on any atom is 0.321 e. The number of aryl methyl sites for hydroxylation is 1. The van der Waals surface area contributed by atoms with E-state index in [4.69, 9.17) is 0 Å². The van der Waals surface area contributed by atoms with Gasteiger partial charge in [0, 0.05) is 38.2 Å². The Kier molecular flexibility index (Phi) is 7.81. The molecule has 1 aliphatic rings. The predicted octanol–water partition coefficient (Wildman–Crippen LogP) is 2.99. The quantitative estimate of drug-likeness (QED) is 0.645. The van der Waals surface area contributed by atoms with Crippen molar-refractivity contribution in [2.75, 3.05) is 18.4 Å². The zero-order chi connectivity index (χ0) is 23.1. The molecule has 32 heavy (non-hydrogen) atoms. The van der Waals surface area contributed by atoms with Crippen molar-refractivity contribution in [1.82, 2.24) is 15.5 Å². The second kappa shape index (κ2) is 10.7. The smallest absolute Gasteiger partial charge is 0.321 e. The maximum atomic E-state index is 13.0. The van der Waals surface area contributed by atoms with Gasteiger partial charge in [-0.05, 0) is 49.6 Å². The number of halogens is 1. The van der Waals surface area contributed by atoms with Crippen LogP contribution in [0.2, 0.25) is 0 Å². The highest BCUT2D eigenvalue weighted by molar-refractivity contribution is 5.89. The summed E-state index contributed by atoms with van der Waals surface area (Å²) in [7, 11) is 0. The lowest BCUT2D eigenvalue weighted by molar-refractivity contribution is -0.128. The molecule has 8 heteroatoms. The zero-order valence-corrected chi connectivity index (χ0v) is 18.4. The number of rotatable bonds is 6. The minimum atomic E-state index is -0.657. The van der Waals surface area contributed by atoms with E-state index in [1.54, 1.807) is 4.90 Å². The Balaban J connectivity index is 1.50. The summed E-state index contributed by atoms with van der Waals surface area (Å²) in [5.41, 5.74) is 2.63. The predicted molar refractivity (Wildman–Crippen MR) is 121 cm³/mol. The summed E-state index contributed by atoms with van der Waals surface area (Å²) < 4.78 is 13.0. The molecule has 2 aromatic rings. The molecule has 1 aliphatic heterocycles. The van der Waals surface area contributed by atoms with Crippen molar-refractivity contribution in [1.29, 1.82) is 0 Å². The van der Waals surface area contributed by atoms with Gasteiger partial charge in [-0.15, -0.1) is 0 Å². The Hall–Kier alpha value is -3.42. The molecule has 0 saturated carbocycles. The van der Waals surface area contributed by atoms with Crippen molar-refractivity contribution >= 4 is 23.5 Å². The van der Waals surface area contributed by atoms with E-state index < -0.39 is 6.04 Å². The fraction of sp³-hybridized carbons (Fsp3) is 0.375. The number of hydrogen-bond donors (Lipinski definition) is 3. The molecule has 3 rings (SSSR count). The van der Waals surface area contributed by atoms with Gasteiger partial charge in [-0.2, -0.15) is 0 Å². The van der Waals surface area contributed by atoms with Crippen LogP contribution in [0.3, 0.4) is 0 Å². The van der Waals surface area contributed by atoms with E-state index >= 15 is 0 Å². The molecule has 4 amide bonds. The summed E-state index contributed by atoms with van der Waals surface area (Å²) >= 11 is 0. The van der Waals surface area contributed by atoms with Crippen LogP contribution in [0.15, 0.2) is 48.5 Å². The summed E-state index contributed by atoms with van der Waals surface area (Å²) in [5.74, 6) is -0.848. The van der Waals surface area contributed by atoms with E-state index in [0.717, 1.165) is 11.1 Å². The molecule has 0 aromatic heterocycles. The van der Waals surface area contributed by atoms with Crippen molar-refractivity contribution in [2.45, 2.75) is 45.2 Å². The largest absolute Gasteiger partial charge is 0.351 e. The third-order valence-corrected chi connectivity index (χ3v) is 5.48. The molecule has 0 aliphatic carbocycles. The average molecular weight is 441 g/mol. The van der Waals surface area contributed by atoms with Gasteiger partial charge in [0.05, 0.1) is 0 Å². The van der Waals surface area contributed by atoms with Crippen molar-refractivity contribution in [2.24, 2.45) is 0 Å². The molecule has 0 bridgehead atoms. The first-order valence-corrected chi connectivity index (χ1v) is 10.7. The van der Waals surface area contributed by atoms with Crippen LogP contribution in [0.1, 0.15) is 30.9 Å². The molecule has 7 nitrogen and oxygen atoms in total. The fourth-order valence-corrected chi connectivity index (χ4v) is 3.68. The number of carbonyl (C=O) groups excluding carboxylic acids is 3. The second-order valence-corrected chi connectivity index (χ2v) is 8.15. The summed E-state index contributed by atoms with van der Waals surface area (Å²) in [6.07, 6.45) is 1.63. The number of likely N-dealkylation sites (tertiary alicyclic amines) is 1. The van der Waals surface area contributed by atoms with Gasteiger partial charge < -0.3 is 20.9 Å². The Labute approximate surface area is 187 Å². The molecule has 0 radical (unpaired) electrons. The fourth-order valence-electron chi connectivity index (χ4n) is 3.68. The standard InChI is InChI=1S/C24H29FN4O3/c1-16-3-5-18(6-4-16)15-22(26-17(2)30)23(31)27-21-11-13-29(14-12-21)24(32)28-20-9-7-19(25)8-10-20/h3-10,21-22H,11-15H2,1-2H3,(H,26,30)(H,27,31)(H,28,32)/t22-/m1/s1. The molecular formula is C24H29FN4O3. The van der Waals surface area contributed by atoms with Crippen LogP contribution in [0.4, 0.5) is 14.9 Å². The number of piperidine rings is 1. The van der Waals surface area contributed by atoms with Crippen molar-refractivity contribution in [3.05, 3.63) is 65.5 Å². The molecule has 2 aromatic carbocycles. The van der Waals surface area contributed by atoms with E-state index in [0.29, 0.717) is 38.0 Å². The lowest BCUT2D eigenvalue weighted by Gasteiger charge is -2.33. The van der Waals surface area contributed by atoms with E-state index in [9.17, 15) is 18.8 Å². The highest BCUT2D eigenvalue weighted by Gasteiger charge is 2.27. The summed E-state index contributed by atoms with van der Waals surface area (Å²) in [6.45, 7) is 4.36. The Morgan fingerprint density at radius 1 is 1.03 bits per heavy atom. The molecule has 3 N–H and O–H groups in total. The number of anilines is 1. The van der Waals surface area contributed by atoms with E-state index in [1.165, 1.54) is 31.2 Å². The Morgan fingerprint density at radius 2 is 1.66 bits per heavy atom. The van der Waals surface area contributed by atoms with Crippen LogP contribution in [-0.4, -0.2) is 47.9 Å². The lowest BCUT2D eigenvalue weighted by Crippen LogP contribution is -2.53. The Bertz CT molecular complexity index is 939. The SMILES string of the molecule is CC(=O)N[C@H](Cc1ccc(C)cc1)C(=O)NC1CCN(C(=O)Nc2ccc(F)cc2)CC1. The minimum absolute atomic E-state index is 0.0772. The van der Waals surface area contributed by atoms with E-state index in [1.807, 2.05) is 31.2 Å². The first-order chi connectivity index (χ1) is 15.3. The summed E-state index contributed by atoms with van der Waals surface area (Å²) in [5, 5.41) is 8.51. The topological polar surface area (TPSA) is 90.5 Å². The molecule has 1 atom stereocenters. The Morgan fingerprint density at radius 3 is 2.25 bits per heavy atom. The number of hydrogen-bond acceptors (Lipinski definition) is 3. The minimum Gasteiger partial charge on any atom is -0.351 e. The first kappa shape index (κ1) is 23.2. The second-order valence-electron chi connectivity index (χ2n) is 8.15. The summed E-state index contributed by atoms with van der Waals surface area (Å²) in [6, 6.07) is 12.5. The monoisotopic (exact) mass is 440 g/mol. The van der Waals surface area contributed by atoms with Gasteiger partial charge in [-0.1, -0.05) is 29.8 Å². The highest BCUT2D eigenvalue weighted by atomic mass is 19.1. The molecule has 0 unspecified atom stereocenters. The lowest BCUT2D eigenvalue weighted by atomic mass is 10.0. The molecular weight excluding hydrogens is 411 g/mol. The van der Waals surface area contributed by atoms with E-state index in [2.05, 4.69) is 16.0 Å². The van der Waals surface area contributed by atoms with Gasteiger partial charge in [-0.25, -0.2) is 9.18 Å². The van der Waals surface area contributed by atoms with Gasteiger partial charge in [0.15, 0.2) is 0 Å². The number of carbonyl (C=O) groups is 3. The number of nitrogens with zero attached hydrogens (tertiary/aromatic N) is 1. The number of amides is 4. The maximum absolute atomic E-state index is 13.0. The normalized spacial score (nSPS) is 15.0. The van der Waals surface area contributed by atoms with Crippen LogP contribution in [0.25, 0.3) is 0 Å². The van der Waals surface area contributed by atoms with Crippen LogP contribution >= 0.6 is 0 Å². The number of urea groups is 1. The molecule has 1 heterocycles. The van der Waals surface area contributed by atoms with Gasteiger partial charge in [0.1, 0.15) is 11.9 Å². The van der Waals surface area contributed by atoms with Crippen molar-refractivity contribution in [3.8, 4) is 0 Å². The molecule has 170 valence electrons. The van der Waals surface area contributed by atoms with Gasteiger partial charge in [0.25, 0.3) is 0 Å².